The Hall–Kier alpha value is -2.91. The quantitative estimate of drug-likeness (QED) is 0.549. The number of carbonyl (C=O) groups excluding carboxylic acids is 1. The number of benzene rings is 2. The van der Waals surface area contributed by atoms with Crippen molar-refractivity contribution >= 4 is 32.5 Å². The Morgan fingerprint density at radius 3 is 2.50 bits per heavy atom. The van der Waals surface area contributed by atoms with E-state index in [0.717, 1.165) is 22.5 Å². The van der Waals surface area contributed by atoms with Gasteiger partial charge in [0, 0.05) is 43.0 Å². The first-order chi connectivity index (χ1) is 15.2. The molecule has 3 aromatic rings. The fourth-order valence-electron chi connectivity index (χ4n) is 4.35. The number of sulfonamides is 1. The Morgan fingerprint density at radius 1 is 1.16 bits per heavy atom. The third-order valence-corrected chi connectivity index (χ3v) is 7.89. The minimum absolute atomic E-state index is 0.0549. The highest BCUT2D eigenvalue weighted by Gasteiger charge is 2.42. The van der Waals surface area contributed by atoms with Gasteiger partial charge in [-0.15, -0.1) is 0 Å². The van der Waals surface area contributed by atoms with Crippen molar-refractivity contribution in [2.24, 2.45) is 0 Å². The monoisotopic (exact) mass is 456 g/mol. The lowest BCUT2D eigenvalue weighted by molar-refractivity contribution is -0.145. The first-order valence-corrected chi connectivity index (χ1v) is 11.9. The molecule has 0 spiro atoms. The lowest BCUT2D eigenvalue weighted by Gasteiger charge is -2.33. The molecular formula is C23H28N4O4S. The van der Waals surface area contributed by atoms with Crippen LogP contribution >= 0.6 is 0 Å². The van der Waals surface area contributed by atoms with Crippen LogP contribution in [0.2, 0.25) is 0 Å². The van der Waals surface area contributed by atoms with Gasteiger partial charge >= 0.3 is 5.97 Å². The van der Waals surface area contributed by atoms with E-state index >= 15 is 0 Å². The summed E-state index contributed by atoms with van der Waals surface area (Å²) in [5, 5.41) is 1.45. The second kappa shape index (κ2) is 8.22. The molecule has 0 saturated carbocycles. The number of hydrogen-bond donors (Lipinski definition) is 0. The van der Waals surface area contributed by atoms with Crippen LogP contribution in [0.5, 0.6) is 0 Å². The molecular weight excluding hydrogens is 428 g/mol. The minimum atomic E-state index is -4.03. The number of hydrogen-bond acceptors (Lipinski definition) is 6. The summed E-state index contributed by atoms with van der Waals surface area (Å²) < 4.78 is 36.2. The maximum absolute atomic E-state index is 14.0. The molecule has 0 saturated heterocycles. The van der Waals surface area contributed by atoms with Crippen LogP contribution < -0.4 is 4.90 Å². The Kier molecular flexibility index (Phi) is 5.72. The van der Waals surface area contributed by atoms with Crippen LogP contribution in [0.3, 0.4) is 0 Å². The van der Waals surface area contributed by atoms with Gasteiger partial charge in [0.05, 0.1) is 36.3 Å². The second-order valence-corrected chi connectivity index (χ2v) is 10.3. The highest BCUT2D eigenvalue weighted by atomic mass is 32.2. The van der Waals surface area contributed by atoms with E-state index in [0.29, 0.717) is 5.39 Å². The Balaban J connectivity index is 1.89. The summed E-state index contributed by atoms with van der Waals surface area (Å²) in [6.45, 7) is 4.08. The highest BCUT2D eigenvalue weighted by Crippen LogP contribution is 2.35. The minimum Gasteiger partial charge on any atom is -0.468 e. The lowest BCUT2D eigenvalue weighted by Crippen LogP contribution is -2.49. The Labute approximate surface area is 188 Å². The maximum Gasteiger partial charge on any atom is 0.324 e. The normalized spacial score (nSPS) is 16.9. The fraction of sp³-hybridized carbons (Fsp3) is 0.391. The van der Waals surface area contributed by atoms with Gasteiger partial charge in [-0.3, -0.25) is 4.79 Å². The topological polar surface area (TPSA) is 84.7 Å². The number of rotatable bonds is 5. The van der Waals surface area contributed by atoms with E-state index in [4.69, 9.17) is 4.74 Å². The van der Waals surface area contributed by atoms with Crippen LogP contribution in [0.4, 0.5) is 5.69 Å². The molecule has 8 nitrogen and oxygen atoms in total. The third kappa shape index (κ3) is 3.55. The van der Waals surface area contributed by atoms with Crippen molar-refractivity contribution in [2.75, 3.05) is 26.1 Å². The first kappa shape index (κ1) is 22.3. The summed E-state index contributed by atoms with van der Waals surface area (Å²) in [4.78, 5) is 19.2. The SMILES string of the molecule is COC(=O)[C@@H]1Cc2ncn(C(C)C)c2CN1S(=O)(=O)c1cccc2c(N(C)C)cccc12. The molecule has 0 unspecified atom stereocenters. The first-order valence-electron chi connectivity index (χ1n) is 10.5. The van der Waals surface area contributed by atoms with Crippen molar-refractivity contribution in [1.82, 2.24) is 13.9 Å². The van der Waals surface area contributed by atoms with E-state index in [2.05, 4.69) is 4.98 Å². The molecule has 0 fully saturated rings. The van der Waals surface area contributed by atoms with Gasteiger partial charge in [-0.25, -0.2) is 13.4 Å². The van der Waals surface area contributed by atoms with Crippen LogP contribution in [0.25, 0.3) is 10.8 Å². The van der Waals surface area contributed by atoms with E-state index in [1.807, 2.05) is 55.6 Å². The summed E-state index contributed by atoms with van der Waals surface area (Å²) in [5.41, 5.74) is 2.45. The molecule has 1 aliphatic rings. The van der Waals surface area contributed by atoms with Gasteiger partial charge in [-0.1, -0.05) is 24.3 Å². The molecule has 1 atom stereocenters. The molecule has 1 aromatic heterocycles. The van der Waals surface area contributed by atoms with Gasteiger partial charge in [0.1, 0.15) is 6.04 Å². The number of nitrogens with zero attached hydrogens (tertiary/aromatic N) is 4. The number of methoxy groups -OCH3 is 1. The van der Waals surface area contributed by atoms with Crippen molar-refractivity contribution in [1.29, 1.82) is 0 Å². The Bertz CT molecular complexity index is 1280. The smallest absolute Gasteiger partial charge is 0.324 e. The van der Waals surface area contributed by atoms with Gasteiger partial charge in [-0.05, 0) is 26.0 Å². The molecule has 0 N–H and O–H groups in total. The molecule has 0 amide bonds. The number of anilines is 1. The lowest BCUT2D eigenvalue weighted by atomic mass is 10.1. The molecule has 2 heterocycles. The zero-order valence-corrected chi connectivity index (χ0v) is 19.8. The van der Waals surface area contributed by atoms with Gasteiger partial charge in [0.2, 0.25) is 10.0 Å². The predicted octanol–water partition coefficient (Wildman–Crippen LogP) is 2.97. The molecule has 4 rings (SSSR count). The van der Waals surface area contributed by atoms with Gasteiger partial charge in [-0.2, -0.15) is 4.31 Å². The summed E-state index contributed by atoms with van der Waals surface area (Å²) in [5.74, 6) is -0.590. The van der Waals surface area contributed by atoms with E-state index in [1.54, 1.807) is 24.5 Å². The van der Waals surface area contributed by atoms with Crippen molar-refractivity contribution in [3.05, 3.63) is 54.1 Å². The average Bonchev–Trinajstić information content (AvgIpc) is 3.20. The zero-order valence-electron chi connectivity index (χ0n) is 18.9. The zero-order chi connectivity index (χ0) is 23.2. The summed E-state index contributed by atoms with van der Waals surface area (Å²) in [6, 6.07) is 9.98. The fourth-order valence-corrected chi connectivity index (χ4v) is 6.10. The number of fused-ring (bicyclic) bond motifs is 2. The number of carbonyl (C=O) groups is 1. The van der Waals surface area contributed by atoms with Crippen molar-refractivity contribution in [3.8, 4) is 0 Å². The third-order valence-electron chi connectivity index (χ3n) is 5.98. The molecule has 170 valence electrons. The number of aromatic nitrogens is 2. The number of ether oxygens (including phenoxy) is 1. The van der Waals surface area contributed by atoms with E-state index in [9.17, 15) is 13.2 Å². The van der Waals surface area contributed by atoms with Crippen LogP contribution in [-0.2, 0) is 32.5 Å². The molecule has 32 heavy (non-hydrogen) atoms. The van der Waals surface area contributed by atoms with Crippen LogP contribution in [0.15, 0.2) is 47.6 Å². The Morgan fingerprint density at radius 2 is 1.84 bits per heavy atom. The molecule has 0 radical (unpaired) electrons. The second-order valence-electron chi connectivity index (χ2n) is 8.46. The van der Waals surface area contributed by atoms with Crippen molar-refractivity contribution < 1.29 is 17.9 Å². The molecule has 0 bridgehead atoms. The molecule has 2 aromatic carbocycles. The predicted molar refractivity (Wildman–Crippen MR) is 123 cm³/mol. The highest BCUT2D eigenvalue weighted by molar-refractivity contribution is 7.89. The van der Waals surface area contributed by atoms with Gasteiger partial charge in [0.15, 0.2) is 0 Å². The summed E-state index contributed by atoms with van der Waals surface area (Å²) in [6.07, 6.45) is 1.88. The maximum atomic E-state index is 14.0. The van der Waals surface area contributed by atoms with Gasteiger partial charge in [0.25, 0.3) is 0 Å². The van der Waals surface area contributed by atoms with Crippen molar-refractivity contribution in [3.63, 3.8) is 0 Å². The molecule has 1 aliphatic heterocycles. The molecule has 9 heteroatoms. The largest absolute Gasteiger partial charge is 0.468 e. The standard InChI is InChI=1S/C23H28N4O4S/c1-15(2)26-14-24-18-12-20(23(28)31-5)27(13-21(18)26)32(29,30)22-11-7-8-16-17(22)9-6-10-19(16)25(3)4/h6-11,14-15,20H,12-13H2,1-5H3/t20-/m0/s1. The van der Waals surface area contributed by atoms with Crippen LogP contribution in [0.1, 0.15) is 31.3 Å². The van der Waals surface area contributed by atoms with E-state index in [-0.39, 0.29) is 23.9 Å². The summed E-state index contributed by atoms with van der Waals surface area (Å²) >= 11 is 0. The average molecular weight is 457 g/mol. The summed E-state index contributed by atoms with van der Waals surface area (Å²) in [7, 11) is 1.09. The number of esters is 1. The molecule has 0 aliphatic carbocycles. The van der Waals surface area contributed by atoms with E-state index < -0.39 is 22.0 Å². The van der Waals surface area contributed by atoms with Gasteiger partial charge < -0.3 is 14.2 Å². The number of imidazole rings is 1. The van der Waals surface area contributed by atoms with E-state index in [1.165, 1.54) is 11.4 Å². The van der Waals surface area contributed by atoms with Crippen LogP contribution in [-0.4, -0.2) is 55.5 Å². The van der Waals surface area contributed by atoms with Crippen molar-refractivity contribution in [2.45, 2.75) is 43.8 Å². The van der Waals surface area contributed by atoms with Crippen LogP contribution in [0, 0.1) is 0 Å².